The minimum atomic E-state index is -0.327. The van der Waals surface area contributed by atoms with E-state index >= 15 is 0 Å². The van der Waals surface area contributed by atoms with Gasteiger partial charge in [-0.25, -0.2) is 14.5 Å². The van der Waals surface area contributed by atoms with Crippen molar-refractivity contribution in [3.8, 4) is 11.5 Å². The van der Waals surface area contributed by atoms with Crippen LogP contribution in [0.4, 0.5) is 16.0 Å². The number of halogens is 1. The van der Waals surface area contributed by atoms with Crippen LogP contribution in [-0.4, -0.2) is 46.0 Å². The van der Waals surface area contributed by atoms with Crippen LogP contribution in [0.2, 0.25) is 0 Å². The number of aromatic nitrogens is 3. The van der Waals surface area contributed by atoms with Gasteiger partial charge in [0.15, 0.2) is 11.5 Å². The minimum absolute atomic E-state index is 0.0720. The number of hydrogen-bond acceptors (Lipinski definition) is 9. The molecule has 0 bridgehead atoms. The molecule has 10 nitrogen and oxygen atoms in total. The fourth-order valence-corrected chi connectivity index (χ4v) is 3.27. The van der Waals surface area contributed by atoms with Crippen LogP contribution in [0, 0.1) is 5.82 Å². The van der Waals surface area contributed by atoms with Crippen LogP contribution in [0.1, 0.15) is 5.56 Å². The van der Waals surface area contributed by atoms with Gasteiger partial charge < -0.3 is 20.6 Å². The number of fused-ring (bicyclic) bond motifs is 1. The lowest BCUT2D eigenvalue weighted by Crippen LogP contribution is -2.18. The SMILES string of the molecule is Nn1c(N/N=C/c2ccc(F)cc2)nnc1SCC(=O)Nc1ccc2c(c1)OCCO2. The highest BCUT2D eigenvalue weighted by Crippen LogP contribution is 2.32. The van der Waals surface area contributed by atoms with Crippen molar-refractivity contribution in [3.63, 3.8) is 0 Å². The van der Waals surface area contributed by atoms with Crippen molar-refractivity contribution in [2.75, 3.05) is 35.6 Å². The van der Waals surface area contributed by atoms with E-state index in [1.165, 1.54) is 23.0 Å². The Labute approximate surface area is 180 Å². The number of hydrogen-bond donors (Lipinski definition) is 3. The largest absolute Gasteiger partial charge is 0.486 e. The van der Waals surface area contributed by atoms with E-state index in [1.807, 2.05) is 0 Å². The van der Waals surface area contributed by atoms with Crippen molar-refractivity contribution < 1.29 is 18.7 Å². The standard InChI is InChI=1S/C19H18FN7O3S/c20-13-3-1-12(2-4-13)10-22-24-18-25-26-19(27(18)21)31-11-17(28)23-14-5-6-15-16(9-14)30-8-7-29-15/h1-6,9-10H,7-8,11,21H2,(H,23,28)(H,24,25)/b22-10+. The van der Waals surface area contributed by atoms with Crippen LogP contribution in [0.25, 0.3) is 0 Å². The molecule has 3 aromatic rings. The van der Waals surface area contributed by atoms with E-state index in [-0.39, 0.29) is 23.4 Å². The molecular weight excluding hydrogens is 425 g/mol. The molecule has 4 N–H and O–H groups in total. The first-order chi connectivity index (χ1) is 15.1. The van der Waals surface area contributed by atoms with Crippen molar-refractivity contribution in [1.82, 2.24) is 14.9 Å². The van der Waals surface area contributed by atoms with Crippen LogP contribution in [0.3, 0.4) is 0 Å². The van der Waals surface area contributed by atoms with E-state index < -0.39 is 0 Å². The Bertz CT molecular complexity index is 1100. The number of nitrogens with two attached hydrogens (primary N) is 1. The Kier molecular flexibility index (Phi) is 6.17. The Morgan fingerprint density at radius 1 is 1.19 bits per heavy atom. The number of rotatable bonds is 7. The van der Waals surface area contributed by atoms with Gasteiger partial charge in [-0.3, -0.25) is 4.79 Å². The van der Waals surface area contributed by atoms with Gasteiger partial charge in [-0.15, -0.1) is 10.2 Å². The predicted molar refractivity (Wildman–Crippen MR) is 115 cm³/mol. The molecule has 12 heteroatoms. The second kappa shape index (κ2) is 9.34. The first-order valence-corrected chi connectivity index (χ1v) is 10.1. The molecule has 2 heterocycles. The normalized spacial score (nSPS) is 12.7. The Morgan fingerprint density at radius 2 is 1.97 bits per heavy atom. The molecule has 4 rings (SSSR count). The molecule has 1 amide bonds. The zero-order valence-corrected chi connectivity index (χ0v) is 16.9. The van der Waals surface area contributed by atoms with Gasteiger partial charge >= 0.3 is 0 Å². The summed E-state index contributed by atoms with van der Waals surface area (Å²) >= 11 is 1.12. The average molecular weight is 443 g/mol. The van der Waals surface area contributed by atoms with E-state index in [9.17, 15) is 9.18 Å². The minimum Gasteiger partial charge on any atom is -0.486 e. The molecule has 0 saturated heterocycles. The number of carbonyl (C=O) groups is 1. The highest BCUT2D eigenvalue weighted by molar-refractivity contribution is 7.99. The number of thioether (sulfide) groups is 1. The summed E-state index contributed by atoms with van der Waals surface area (Å²) in [6.07, 6.45) is 1.49. The molecule has 0 radical (unpaired) electrons. The number of hydrazone groups is 1. The third-order valence-corrected chi connectivity index (χ3v) is 5.01. The Morgan fingerprint density at radius 3 is 2.77 bits per heavy atom. The third kappa shape index (κ3) is 5.22. The maximum Gasteiger partial charge on any atom is 0.264 e. The lowest BCUT2D eigenvalue weighted by molar-refractivity contribution is -0.113. The fraction of sp³-hybridized carbons (Fsp3) is 0.158. The number of benzene rings is 2. The smallest absolute Gasteiger partial charge is 0.264 e. The molecule has 1 aliphatic heterocycles. The van der Waals surface area contributed by atoms with E-state index in [0.717, 1.165) is 11.8 Å². The fourth-order valence-electron chi connectivity index (χ4n) is 2.61. The Hall–Kier alpha value is -3.80. The number of nitrogens with one attached hydrogen (secondary N) is 2. The second-order valence-corrected chi connectivity index (χ2v) is 7.24. The van der Waals surface area contributed by atoms with Crippen LogP contribution in [0.5, 0.6) is 11.5 Å². The van der Waals surface area contributed by atoms with E-state index in [2.05, 4.69) is 26.0 Å². The lowest BCUT2D eigenvalue weighted by atomic mass is 10.2. The van der Waals surface area contributed by atoms with Gasteiger partial charge in [0.1, 0.15) is 19.0 Å². The number of nitrogens with zero attached hydrogens (tertiary/aromatic N) is 4. The van der Waals surface area contributed by atoms with Crippen LogP contribution < -0.4 is 26.1 Å². The summed E-state index contributed by atoms with van der Waals surface area (Å²) in [6.45, 7) is 0.972. The van der Waals surface area contributed by atoms with Crippen molar-refractivity contribution in [1.29, 1.82) is 0 Å². The highest BCUT2D eigenvalue weighted by Gasteiger charge is 2.15. The highest BCUT2D eigenvalue weighted by atomic mass is 32.2. The van der Waals surface area contributed by atoms with Crippen LogP contribution in [-0.2, 0) is 4.79 Å². The zero-order chi connectivity index (χ0) is 21.6. The van der Waals surface area contributed by atoms with Gasteiger partial charge in [0.25, 0.3) is 5.95 Å². The second-order valence-electron chi connectivity index (χ2n) is 6.29. The van der Waals surface area contributed by atoms with Gasteiger partial charge in [0.2, 0.25) is 11.1 Å². The van der Waals surface area contributed by atoms with Gasteiger partial charge in [-0.2, -0.15) is 5.10 Å². The molecule has 0 unspecified atom stereocenters. The Balaban J connectivity index is 1.29. The summed E-state index contributed by atoms with van der Waals surface area (Å²) in [5, 5.41) is 14.9. The number of carbonyl (C=O) groups excluding carboxylic acids is 1. The first-order valence-electron chi connectivity index (χ1n) is 9.16. The summed E-state index contributed by atoms with van der Waals surface area (Å²) < 4.78 is 25.1. The predicted octanol–water partition coefficient (Wildman–Crippen LogP) is 2.08. The van der Waals surface area contributed by atoms with E-state index in [0.29, 0.717) is 41.1 Å². The van der Waals surface area contributed by atoms with Crippen molar-refractivity contribution in [3.05, 3.63) is 53.8 Å². The van der Waals surface area contributed by atoms with Crippen molar-refractivity contribution in [2.24, 2.45) is 5.10 Å². The molecular formula is C19H18FN7O3S. The summed E-state index contributed by atoms with van der Waals surface area (Å²) in [4.78, 5) is 12.3. The maximum atomic E-state index is 12.9. The van der Waals surface area contributed by atoms with Gasteiger partial charge in [0, 0.05) is 11.8 Å². The summed E-state index contributed by atoms with van der Waals surface area (Å²) in [5.74, 6) is 6.87. The molecule has 0 spiro atoms. The van der Waals surface area contributed by atoms with Crippen molar-refractivity contribution >= 4 is 35.5 Å². The summed E-state index contributed by atoms with van der Waals surface area (Å²) in [6, 6.07) is 11.0. The summed E-state index contributed by atoms with van der Waals surface area (Å²) in [7, 11) is 0. The molecule has 1 aromatic heterocycles. The molecule has 0 atom stereocenters. The van der Waals surface area contributed by atoms with Gasteiger partial charge in [-0.05, 0) is 29.8 Å². The number of nitrogen functional groups attached to an aromatic ring is 1. The number of anilines is 2. The van der Waals surface area contributed by atoms with E-state index in [1.54, 1.807) is 30.3 Å². The number of amides is 1. The monoisotopic (exact) mass is 443 g/mol. The lowest BCUT2D eigenvalue weighted by Gasteiger charge is -2.18. The molecule has 0 aliphatic carbocycles. The van der Waals surface area contributed by atoms with E-state index in [4.69, 9.17) is 15.3 Å². The molecule has 2 aromatic carbocycles. The molecule has 0 fully saturated rings. The molecule has 31 heavy (non-hydrogen) atoms. The average Bonchev–Trinajstić information content (AvgIpc) is 3.13. The molecule has 0 saturated carbocycles. The molecule has 1 aliphatic rings. The topological polar surface area (TPSA) is 129 Å². The van der Waals surface area contributed by atoms with Crippen molar-refractivity contribution in [2.45, 2.75) is 5.16 Å². The van der Waals surface area contributed by atoms with Gasteiger partial charge in [-0.1, -0.05) is 23.9 Å². The summed E-state index contributed by atoms with van der Waals surface area (Å²) in [5.41, 5.74) is 3.95. The maximum absolute atomic E-state index is 12.9. The van der Waals surface area contributed by atoms with Crippen LogP contribution in [0.15, 0.2) is 52.7 Å². The van der Waals surface area contributed by atoms with Crippen LogP contribution >= 0.6 is 11.8 Å². The molecule has 160 valence electrons. The number of ether oxygens (including phenoxy) is 2. The first kappa shape index (κ1) is 20.5. The zero-order valence-electron chi connectivity index (χ0n) is 16.1. The van der Waals surface area contributed by atoms with Gasteiger partial charge in [0.05, 0.1) is 12.0 Å². The quantitative estimate of drug-likeness (QED) is 0.219. The third-order valence-electron chi connectivity index (χ3n) is 4.07.